The van der Waals surface area contributed by atoms with Gasteiger partial charge in [-0.1, -0.05) is 26.0 Å². The second kappa shape index (κ2) is 13.4. The summed E-state index contributed by atoms with van der Waals surface area (Å²) in [6.07, 6.45) is 0.859. The number of nitrogens with one attached hydrogen (secondary N) is 4. The predicted octanol–water partition coefficient (Wildman–Crippen LogP) is -0.253. The maximum atomic E-state index is 13.3. The lowest BCUT2D eigenvalue weighted by molar-refractivity contribution is -0.147. The van der Waals surface area contributed by atoms with Crippen LogP contribution >= 0.6 is 0 Å². The molecule has 198 valence electrons. The molecular weight excluding hydrogens is 472 g/mol. The first kappa shape index (κ1) is 28.6. The number of rotatable bonds is 13. The van der Waals surface area contributed by atoms with Crippen LogP contribution in [0.5, 0.6) is 5.75 Å². The van der Waals surface area contributed by atoms with Crippen molar-refractivity contribution in [2.45, 2.75) is 70.1 Å². The molecule has 4 atom stereocenters. The molecule has 1 saturated heterocycles. The number of carbonyl (C=O) groups excluding carboxylic acids is 3. The third-order valence-electron chi connectivity index (χ3n) is 5.72. The molecule has 0 radical (unpaired) electrons. The summed E-state index contributed by atoms with van der Waals surface area (Å²) in [5.74, 6) is -4.79. The normalized spacial score (nSPS) is 17.6. The maximum absolute atomic E-state index is 13.3. The van der Waals surface area contributed by atoms with Gasteiger partial charge in [-0.25, -0.2) is 4.79 Å². The average Bonchev–Trinajstić information content (AvgIpc) is 3.33. The fraction of sp³-hybridized carbons (Fsp3) is 0.542. The predicted molar refractivity (Wildman–Crippen MR) is 128 cm³/mol. The lowest BCUT2D eigenvalue weighted by atomic mass is 10.00. The number of benzene rings is 1. The Morgan fingerprint density at radius 1 is 0.944 bits per heavy atom. The van der Waals surface area contributed by atoms with E-state index in [-0.39, 0.29) is 30.4 Å². The minimum absolute atomic E-state index is 0.0435. The SMILES string of the molecule is CC(C)CC(NC(=O)C(Cc1ccc(O)cc1)NC(=O)C1CCCN1)C(=O)NC(CC(=O)O)C(=O)O. The van der Waals surface area contributed by atoms with Gasteiger partial charge < -0.3 is 36.6 Å². The van der Waals surface area contributed by atoms with Crippen LogP contribution in [0, 0.1) is 5.92 Å². The van der Waals surface area contributed by atoms with Crippen LogP contribution in [0.2, 0.25) is 0 Å². The third-order valence-corrected chi connectivity index (χ3v) is 5.72. The fourth-order valence-electron chi connectivity index (χ4n) is 3.88. The van der Waals surface area contributed by atoms with Crippen LogP contribution in [0.25, 0.3) is 0 Å². The highest BCUT2D eigenvalue weighted by atomic mass is 16.4. The number of aromatic hydroxyl groups is 1. The number of hydrogen-bond acceptors (Lipinski definition) is 7. The van der Waals surface area contributed by atoms with Crippen molar-refractivity contribution in [1.29, 1.82) is 0 Å². The van der Waals surface area contributed by atoms with E-state index in [0.717, 1.165) is 6.42 Å². The van der Waals surface area contributed by atoms with Crippen LogP contribution in [0.1, 0.15) is 45.1 Å². The van der Waals surface area contributed by atoms with E-state index >= 15 is 0 Å². The lowest BCUT2D eigenvalue weighted by Gasteiger charge is -2.26. The van der Waals surface area contributed by atoms with Crippen molar-refractivity contribution in [3.05, 3.63) is 29.8 Å². The van der Waals surface area contributed by atoms with Crippen molar-refractivity contribution in [3.8, 4) is 5.75 Å². The Kier molecular flexibility index (Phi) is 10.7. The maximum Gasteiger partial charge on any atom is 0.326 e. The van der Waals surface area contributed by atoms with Gasteiger partial charge in [0.25, 0.3) is 0 Å². The van der Waals surface area contributed by atoms with Crippen LogP contribution in [-0.4, -0.2) is 75.7 Å². The first-order valence-corrected chi connectivity index (χ1v) is 11.8. The number of phenolic OH excluding ortho intramolecular Hbond substituents is 1. The van der Waals surface area contributed by atoms with E-state index < -0.39 is 54.3 Å². The van der Waals surface area contributed by atoms with Gasteiger partial charge in [-0.2, -0.15) is 0 Å². The Balaban J connectivity index is 2.20. The van der Waals surface area contributed by atoms with Gasteiger partial charge in [0.15, 0.2) is 0 Å². The molecule has 1 heterocycles. The molecule has 36 heavy (non-hydrogen) atoms. The molecule has 1 aromatic rings. The standard InChI is InChI=1S/C24H34N4O8/c1-13(2)10-17(22(33)28-19(24(35)36)12-20(30)31)26-23(34)18(11-14-5-7-15(29)8-6-14)27-21(32)16-4-3-9-25-16/h5-8,13,16-19,25,29H,3-4,9-12H2,1-2H3,(H,26,34)(H,27,32)(H,28,33)(H,30,31)(H,35,36). The van der Waals surface area contributed by atoms with Crippen LogP contribution in [-0.2, 0) is 30.4 Å². The van der Waals surface area contributed by atoms with E-state index in [1.165, 1.54) is 12.1 Å². The van der Waals surface area contributed by atoms with Gasteiger partial charge in [-0.05, 0) is 49.4 Å². The number of carboxylic acid groups (broad SMARTS) is 2. The number of hydrogen-bond donors (Lipinski definition) is 7. The zero-order valence-electron chi connectivity index (χ0n) is 20.3. The highest BCUT2D eigenvalue weighted by Gasteiger charge is 2.32. The van der Waals surface area contributed by atoms with E-state index in [1.807, 2.05) is 0 Å². The molecule has 0 saturated carbocycles. The quantitative estimate of drug-likeness (QED) is 0.189. The van der Waals surface area contributed by atoms with Crippen LogP contribution in [0.15, 0.2) is 24.3 Å². The molecule has 3 amide bonds. The summed E-state index contributed by atoms with van der Waals surface area (Å²) in [7, 11) is 0. The van der Waals surface area contributed by atoms with Crippen molar-refractivity contribution in [2.24, 2.45) is 5.92 Å². The lowest BCUT2D eigenvalue weighted by Crippen LogP contribution is -2.58. The fourth-order valence-corrected chi connectivity index (χ4v) is 3.88. The molecule has 1 aliphatic rings. The first-order chi connectivity index (χ1) is 17.0. The highest BCUT2D eigenvalue weighted by molar-refractivity contribution is 5.94. The molecule has 12 nitrogen and oxygen atoms in total. The summed E-state index contributed by atoms with van der Waals surface area (Å²) < 4.78 is 0. The Labute approximate surface area is 208 Å². The van der Waals surface area contributed by atoms with Crippen molar-refractivity contribution in [2.75, 3.05) is 6.54 Å². The Hall–Kier alpha value is -3.67. The first-order valence-electron chi connectivity index (χ1n) is 11.8. The van der Waals surface area contributed by atoms with Gasteiger partial charge in [0, 0.05) is 6.42 Å². The zero-order valence-corrected chi connectivity index (χ0v) is 20.3. The van der Waals surface area contributed by atoms with E-state index in [4.69, 9.17) is 5.11 Å². The summed E-state index contributed by atoms with van der Waals surface area (Å²) in [6.45, 7) is 4.30. The van der Waals surface area contributed by atoms with E-state index in [2.05, 4.69) is 21.3 Å². The molecule has 0 aromatic heterocycles. The van der Waals surface area contributed by atoms with Crippen molar-refractivity contribution < 1.29 is 39.3 Å². The van der Waals surface area contributed by atoms with Crippen molar-refractivity contribution in [1.82, 2.24) is 21.3 Å². The largest absolute Gasteiger partial charge is 0.508 e. The van der Waals surface area contributed by atoms with Gasteiger partial charge in [0.05, 0.1) is 12.5 Å². The van der Waals surface area contributed by atoms with Gasteiger partial charge in [0.1, 0.15) is 23.9 Å². The van der Waals surface area contributed by atoms with E-state index in [1.54, 1.807) is 26.0 Å². The molecule has 1 aliphatic heterocycles. The Bertz CT molecular complexity index is 944. The summed E-state index contributed by atoms with van der Waals surface area (Å²) in [5, 5.41) is 38.3. The van der Waals surface area contributed by atoms with Gasteiger partial charge >= 0.3 is 11.9 Å². The molecule has 0 spiro atoms. The smallest absolute Gasteiger partial charge is 0.326 e. The highest BCUT2D eigenvalue weighted by Crippen LogP contribution is 2.13. The molecule has 0 aliphatic carbocycles. The summed E-state index contributed by atoms with van der Waals surface area (Å²) >= 11 is 0. The molecule has 0 bridgehead atoms. The van der Waals surface area contributed by atoms with E-state index in [0.29, 0.717) is 18.5 Å². The number of carbonyl (C=O) groups is 5. The topological polar surface area (TPSA) is 194 Å². The van der Waals surface area contributed by atoms with Crippen molar-refractivity contribution >= 4 is 29.7 Å². The average molecular weight is 507 g/mol. The number of phenols is 1. The van der Waals surface area contributed by atoms with Crippen LogP contribution in [0.4, 0.5) is 0 Å². The molecule has 4 unspecified atom stereocenters. The second-order valence-electron chi connectivity index (χ2n) is 9.27. The minimum atomic E-state index is -1.66. The number of amides is 3. The minimum Gasteiger partial charge on any atom is -0.508 e. The van der Waals surface area contributed by atoms with Crippen LogP contribution < -0.4 is 21.3 Å². The molecular formula is C24H34N4O8. The Morgan fingerprint density at radius 2 is 1.56 bits per heavy atom. The molecule has 2 rings (SSSR count). The van der Waals surface area contributed by atoms with E-state index in [9.17, 15) is 34.2 Å². The van der Waals surface area contributed by atoms with Gasteiger partial charge in [0.2, 0.25) is 17.7 Å². The second-order valence-corrected chi connectivity index (χ2v) is 9.27. The van der Waals surface area contributed by atoms with Gasteiger partial charge in [-0.3, -0.25) is 19.2 Å². The summed E-state index contributed by atoms with van der Waals surface area (Å²) in [4.78, 5) is 61.2. The monoisotopic (exact) mass is 506 g/mol. The molecule has 1 fully saturated rings. The third kappa shape index (κ3) is 9.17. The number of carboxylic acids is 2. The molecule has 7 N–H and O–H groups in total. The van der Waals surface area contributed by atoms with Gasteiger partial charge in [-0.15, -0.1) is 0 Å². The van der Waals surface area contributed by atoms with Crippen molar-refractivity contribution in [3.63, 3.8) is 0 Å². The summed E-state index contributed by atoms with van der Waals surface area (Å²) in [5.41, 5.74) is 0.657. The number of aliphatic carboxylic acids is 2. The van der Waals surface area contributed by atoms with Crippen LogP contribution in [0.3, 0.4) is 0 Å². The Morgan fingerprint density at radius 3 is 2.08 bits per heavy atom. The summed E-state index contributed by atoms with van der Waals surface area (Å²) in [6, 6.07) is 1.81. The zero-order chi connectivity index (χ0) is 26.8. The molecule has 1 aromatic carbocycles. The molecule has 12 heteroatoms.